The first-order valence-electron chi connectivity index (χ1n) is 11.5. The number of urea groups is 1. The molecule has 2 aromatic rings. The van der Waals surface area contributed by atoms with Crippen LogP contribution >= 0.6 is 0 Å². The maximum Gasteiger partial charge on any atom is 0.416 e. The van der Waals surface area contributed by atoms with Gasteiger partial charge in [-0.15, -0.1) is 0 Å². The maximum atomic E-state index is 13.1. The first-order valence-corrected chi connectivity index (χ1v) is 11.5. The number of nitrogens with zero attached hydrogens (tertiary/aromatic N) is 2. The molecule has 0 saturated heterocycles. The lowest BCUT2D eigenvalue weighted by molar-refractivity contribution is -0.138. The predicted molar refractivity (Wildman–Crippen MR) is 124 cm³/mol. The van der Waals surface area contributed by atoms with Crippen LogP contribution in [0, 0.1) is 0 Å². The SMILES string of the molecule is CCN(CC)CCCC(C)N(Cc1ccc(C(F)(F)F)cc1)C(=O)Nc1ccc(C(F)(F)F)cc1. The molecule has 0 aromatic heterocycles. The van der Waals surface area contributed by atoms with Crippen molar-refractivity contribution >= 4 is 11.7 Å². The van der Waals surface area contributed by atoms with Gasteiger partial charge in [-0.2, -0.15) is 26.3 Å². The zero-order chi connectivity index (χ0) is 26.2. The average Bonchev–Trinajstić information content (AvgIpc) is 2.79. The van der Waals surface area contributed by atoms with Crippen molar-refractivity contribution in [3.05, 3.63) is 65.2 Å². The molecule has 2 rings (SSSR count). The number of benzene rings is 2. The molecule has 1 atom stereocenters. The van der Waals surface area contributed by atoms with E-state index in [1.54, 1.807) is 0 Å². The summed E-state index contributed by atoms with van der Waals surface area (Å²) >= 11 is 0. The van der Waals surface area contributed by atoms with Crippen LogP contribution in [0.3, 0.4) is 0 Å². The zero-order valence-electron chi connectivity index (χ0n) is 20.0. The van der Waals surface area contributed by atoms with Crippen LogP contribution in [0.15, 0.2) is 48.5 Å². The molecular formula is C25H31F6N3O. The van der Waals surface area contributed by atoms with Crippen LogP contribution in [0.2, 0.25) is 0 Å². The van der Waals surface area contributed by atoms with E-state index >= 15 is 0 Å². The topological polar surface area (TPSA) is 35.6 Å². The minimum Gasteiger partial charge on any atom is -0.318 e. The molecule has 194 valence electrons. The largest absolute Gasteiger partial charge is 0.416 e. The third-order valence-corrected chi connectivity index (χ3v) is 5.88. The Morgan fingerprint density at radius 2 is 1.34 bits per heavy atom. The number of carbonyl (C=O) groups excluding carboxylic acids is 1. The number of amides is 2. The van der Waals surface area contributed by atoms with Crippen LogP contribution in [0.4, 0.5) is 36.8 Å². The van der Waals surface area contributed by atoms with Crippen molar-refractivity contribution in [2.24, 2.45) is 0 Å². The maximum absolute atomic E-state index is 13.1. The Morgan fingerprint density at radius 1 is 0.857 bits per heavy atom. The minimum atomic E-state index is -4.49. The number of rotatable bonds is 10. The molecule has 2 aromatic carbocycles. The molecule has 0 spiro atoms. The fourth-order valence-electron chi connectivity index (χ4n) is 3.67. The second-order valence-corrected chi connectivity index (χ2v) is 8.35. The lowest BCUT2D eigenvalue weighted by atomic mass is 10.1. The van der Waals surface area contributed by atoms with E-state index in [9.17, 15) is 31.1 Å². The van der Waals surface area contributed by atoms with E-state index in [1.807, 2.05) is 6.92 Å². The van der Waals surface area contributed by atoms with E-state index in [0.29, 0.717) is 12.0 Å². The van der Waals surface area contributed by atoms with Gasteiger partial charge in [0.15, 0.2) is 0 Å². The van der Waals surface area contributed by atoms with Crippen molar-refractivity contribution in [2.45, 2.75) is 58.6 Å². The summed E-state index contributed by atoms with van der Waals surface area (Å²) in [7, 11) is 0. The van der Waals surface area contributed by atoms with Crippen LogP contribution < -0.4 is 5.32 Å². The summed E-state index contributed by atoms with van der Waals surface area (Å²) in [5.74, 6) is 0. The molecule has 0 aliphatic carbocycles. The standard InChI is InChI=1S/C25H31F6N3O/c1-4-33(5-2)16-6-7-18(3)34(17-19-8-10-20(11-9-19)24(26,27)28)23(35)32-22-14-12-21(13-15-22)25(29,30)31/h8-15,18H,4-7,16-17H2,1-3H3,(H,32,35). The highest BCUT2D eigenvalue weighted by molar-refractivity contribution is 5.89. The molecule has 0 saturated carbocycles. The monoisotopic (exact) mass is 503 g/mol. The summed E-state index contributed by atoms with van der Waals surface area (Å²) < 4.78 is 77.1. The van der Waals surface area contributed by atoms with Crippen LogP contribution in [-0.4, -0.2) is 41.5 Å². The van der Waals surface area contributed by atoms with Crippen LogP contribution in [0.5, 0.6) is 0 Å². The normalized spacial score (nSPS) is 13.1. The van der Waals surface area contributed by atoms with Gasteiger partial charge in [0.25, 0.3) is 0 Å². The van der Waals surface area contributed by atoms with E-state index < -0.39 is 29.5 Å². The van der Waals surface area contributed by atoms with E-state index in [4.69, 9.17) is 0 Å². The molecule has 0 bridgehead atoms. The van der Waals surface area contributed by atoms with E-state index in [0.717, 1.165) is 50.3 Å². The van der Waals surface area contributed by atoms with Gasteiger partial charge in [-0.25, -0.2) is 4.79 Å². The number of nitrogens with one attached hydrogen (secondary N) is 1. The summed E-state index contributed by atoms with van der Waals surface area (Å²) in [6, 6.07) is 7.87. The summed E-state index contributed by atoms with van der Waals surface area (Å²) in [5, 5.41) is 2.61. The zero-order valence-corrected chi connectivity index (χ0v) is 20.0. The molecule has 0 radical (unpaired) electrons. The van der Waals surface area contributed by atoms with Gasteiger partial charge in [0.1, 0.15) is 0 Å². The van der Waals surface area contributed by atoms with E-state index in [-0.39, 0.29) is 18.3 Å². The molecule has 4 nitrogen and oxygen atoms in total. The number of hydrogen-bond acceptors (Lipinski definition) is 2. The Balaban J connectivity index is 2.17. The number of alkyl halides is 6. The molecular weight excluding hydrogens is 472 g/mol. The van der Waals surface area contributed by atoms with Gasteiger partial charge in [-0.05, 0) is 81.4 Å². The molecule has 1 N–H and O–H groups in total. The number of halogens is 6. The molecule has 0 aliphatic heterocycles. The molecule has 0 aliphatic rings. The Morgan fingerprint density at radius 3 is 1.80 bits per heavy atom. The number of anilines is 1. The lowest BCUT2D eigenvalue weighted by Crippen LogP contribution is -2.41. The summed E-state index contributed by atoms with van der Waals surface area (Å²) in [4.78, 5) is 16.8. The molecule has 0 fully saturated rings. The second kappa shape index (κ2) is 12.3. The van der Waals surface area contributed by atoms with Gasteiger partial charge in [0.05, 0.1) is 11.1 Å². The van der Waals surface area contributed by atoms with Gasteiger partial charge in [-0.3, -0.25) is 0 Å². The summed E-state index contributed by atoms with van der Waals surface area (Å²) in [6.45, 7) is 8.65. The fourth-order valence-corrected chi connectivity index (χ4v) is 3.67. The van der Waals surface area contributed by atoms with Gasteiger partial charge < -0.3 is 15.1 Å². The fraction of sp³-hybridized carbons (Fsp3) is 0.480. The first-order chi connectivity index (χ1) is 16.3. The van der Waals surface area contributed by atoms with Crippen molar-refractivity contribution in [1.29, 1.82) is 0 Å². The van der Waals surface area contributed by atoms with Crippen molar-refractivity contribution in [1.82, 2.24) is 9.80 Å². The van der Waals surface area contributed by atoms with Crippen molar-refractivity contribution in [3.8, 4) is 0 Å². The molecule has 1 unspecified atom stereocenters. The van der Waals surface area contributed by atoms with Crippen molar-refractivity contribution in [2.75, 3.05) is 25.0 Å². The second-order valence-electron chi connectivity index (χ2n) is 8.35. The molecule has 0 heterocycles. The highest BCUT2D eigenvalue weighted by Crippen LogP contribution is 2.31. The van der Waals surface area contributed by atoms with Gasteiger partial charge in [0.2, 0.25) is 0 Å². The molecule has 10 heteroatoms. The number of hydrogen-bond donors (Lipinski definition) is 1. The molecule has 35 heavy (non-hydrogen) atoms. The van der Waals surface area contributed by atoms with Crippen molar-refractivity contribution in [3.63, 3.8) is 0 Å². The lowest BCUT2D eigenvalue weighted by Gasteiger charge is -2.30. The Bertz CT molecular complexity index is 922. The Kier molecular flexibility index (Phi) is 10.00. The van der Waals surface area contributed by atoms with Crippen molar-refractivity contribution < 1.29 is 31.1 Å². The van der Waals surface area contributed by atoms with Crippen LogP contribution in [-0.2, 0) is 18.9 Å². The smallest absolute Gasteiger partial charge is 0.318 e. The highest BCUT2D eigenvalue weighted by Gasteiger charge is 2.31. The third kappa shape index (κ3) is 8.76. The average molecular weight is 504 g/mol. The quantitative estimate of drug-likeness (QED) is 0.346. The number of carbonyl (C=O) groups is 1. The molecule has 2 amide bonds. The first kappa shape index (κ1) is 28.5. The van der Waals surface area contributed by atoms with Crippen LogP contribution in [0.1, 0.15) is 50.3 Å². The van der Waals surface area contributed by atoms with E-state index in [1.165, 1.54) is 29.2 Å². The van der Waals surface area contributed by atoms with Gasteiger partial charge in [0, 0.05) is 18.3 Å². The highest BCUT2D eigenvalue weighted by atomic mass is 19.4. The van der Waals surface area contributed by atoms with Gasteiger partial charge in [-0.1, -0.05) is 26.0 Å². The Labute approximate surface area is 201 Å². The Hall–Kier alpha value is -2.75. The van der Waals surface area contributed by atoms with Crippen LogP contribution in [0.25, 0.3) is 0 Å². The van der Waals surface area contributed by atoms with E-state index in [2.05, 4.69) is 24.1 Å². The summed E-state index contributed by atoms with van der Waals surface area (Å²) in [6.07, 6.45) is -7.50. The predicted octanol–water partition coefficient (Wildman–Crippen LogP) is 7.27. The summed E-state index contributed by atoms with van der Waals surface area (Å²) in [5.41, 5.74) is -0.914. The minimum absolute atomic E-state index is 0.0526. The third-order valence-electron chi connectivity index (χ3n) is 5.88. The van der Waals surface area contributed by atoms with Gasteiger partial charge >= 0.3 is 18.4 Å².